The zero-order valence-corrected chi connectivity index (χ0v) is 11.0. The molecule has 0 aromatic heterocycles. The van der Waals surface area contributed by atoms with E-state index in [-0.39, 0.29) is 0 Å². The number of ether oxygens (including phenoxy) is 1. The molecule has 0 spiro atoms. The first-order chi connectivity index (χ1) is 9.35. The molecule has 94 valence electrons. The summed E-state index contributed by atoms with van der Waals surface area (Å²) >= 11 is 0. The van der Waals surface area contributed by atoms with Crippen LogP contribution in [0.3, 0.4) is 0 Å². The molecule has 0 saturated heterocycles. The molecule has 0 aliphatic carbocycles. The molecule has 0 amide bonds. The summed E-state index contributed by atoms with van der Waals surface area (Å²) in [6.45, 7) is 0. The summed E-state index contributed by atoms with van der Waals surface area (Å²) in [6, 6.07) is 18.2. The molecule has 1 heteroatoms. The number of rotatable bonds is 4. The molecular weight excluding hydrogens is 232 g/mol. The van der Waals surface area contributed by atoms with E-state index in [2.05, 4.69) is 30.2 Å². The van der Waals surface area contributed by atoms with Gasteiger partial charge in [-0.15, -0.1) is 12.3 Å². The van der Waals surface area contributed by atoms with Crippen molar-refractivity contribution in [2.75, 3.05) is 7.11 Å². The van der Waals surface area contributed by atoms with Crippen LogP contribution in [0.2, 0.25) is 0 Å². The predicted molar refractivity (Wildman–Crippen MR) is 80.0 cm³/mol. The second kappa shape index (κ2) is 6.47. The molecule has 0 radical (unpaired) electrons. The first kappa shape index (κ1) is 13.0. The smallest absolute Gasteiger partial charge is 0.119 e. The van der Waals surface area contributed by atoms with Gasteiger partial charge in [0.05, 0.1) is 7.11 Å². The molecule has 0 atom stereocenters. The van der Waals surface area contributed by atoms with Gasteiger partial charge >= 0.3 is 0 Å². The van der Waals surface area contributed by atoms with Crippen molar-refractivity contribution in [1.82, 2.24) is 0 Å². The zero-order chi connectivity index (χ0) is 13.5. The summed E-state index contributed by atoms with van der Waals surface area (Å²) in [5.74, 6) is 3.51. The fraction of sp³-hybridized carbons (Fsp3) is 0.111. The van der Waals surface area contributed by atoms with E-state index >= 15 is 0 Å². The molecule has 0 saturated carbocycles. The molecule has 0 N–H and O–H groups in total. The van der Waals surface area contributed by atoms with Crippen molar-refractivity contribution in [3.8, 4) is 18.1 Å². The normalized spacial score (nSPS) is 10.8. The number of hydrogen-bond donors (Lipinski definition) is 0. The van der Waals surface area contributed by atoms with Crippen LogP contribution in [-0.4, -0.2) is 7.11 Å². The summed E-state index contributed by atoms with van der Waals surface area (Å²) in [4.78, 5) is 0. The highest BCUT2D eigenvalue weighted by Gasteiger charge is 2.05. The lowest BCUT2D eigenvalue weighted by molar-refractivity contribution is 0.414. The van der Waals surface area contributed by atoms with Crippen LogP contribution in [0.15, 0.2) is 60.7 Å². The number of methoxy groups -OCH3 is 1. The van der Waals surface area contributed by atoms with Crippen LogP contribution < -0.4 is 4.74 Å². The van der Waals surface area contributed by atoms with Crippen LogP contribution in [0.4, 0.5) is 0 Å². The lowest BCUT2D eigenvalue weighted by Crippen LogP contribution is -1.90. The van der Waals surface area contributed by atoms with Gasteiger partial charge in [-0.1, -0.05) is 48.5 Å². The van der Waals surface area contributed by atoms with Gasteiger partial charge in [0.15, 0.2) is 0 Å². The van der Waals surface area contributed by atoms with Gasteiger partial charge in [0, 0.05) is 6.42 Å². The first-order valence-electron chi connectivity index (χ1n) is 6.18. The topological polar surface area (TPSA) is 9.23 Å². The molecule has 0 aliphatic heterocycles. The Hall–Kier alpha value is -2.46. The van der Waals surface area contributed by atoms with E-state index < -0.39 is 0 Å². The van der Waals surface area contributed by atoms with Gasteiger partial charge in [0.1, 0.15) is 5.75 Å². The van der Waals surface area contributed by atoms with E-state index in [4.69, 9.17) is 11.2 Å². The maximum atomic E-state index is 5.37. The third-order valence-electron chi connectivity index (χ3n) is 2.89. The monoisotopic (exact) mass is 248 g/mol. The number of allylic oxidation sites excluding steroid dienone is 1. The zero-order valence-electron chi connectivity index (χ0n) is 11.0. The highest BCUT2D eigenvalue weighted by atomic mass is 16.5. The number of benzene rings is 2. The van der Waals surface area contributed by atoms with E-state index in [9.17, 15) is 0 Å². The molecule has 2 rings (SSSR count). The van der Waals surface area contributed by atoms with Crippen LogP contribution in [0, 0.1) is 12.3 Å². The Morgan fingerprint density at radius 1 is 1.11 bits per heavy atom. The quantitative estimate of drug-likeness (QED) is 0.738. The Labute approximate surface area is 114 Å². The van der Waals surface area contributed by atoms with Crippen molar-refractivity contribution in [3.05, 3.63) is 71.8 Å². The average Bonchev–Trinajstić information content (AvgIpc) is 2.49. The summed E-state index contributed by atoms with van der Waals surface area (Å²) < 4.78 is 5.28. The second-order valence-corrected chi connectivity index (χ2v) is 4.12. The Morgan fingerprint density at radius 3 is 2.53 bits per heavy atom. The molecule has 1 nitrogen and oxygen atoms in total. The lowest BCUT2D eigenvalue weighted by Gasteiger charge is -2.09. The largest absolute Gasteiger partial charge is 0.497 e. The minimum absolute atomic E-state index is 0.613. The molecule has 0 bridgehead atoms. The van der Waals surface area contributed by atoms with Gasteiger partial charge in [-0.25, -0.2) is 0 Å². The summed E-state index contributed by atoms with van der Waals surface area (Å²) in [6.07, 6.45) is 8.06. The van der Waals surface area contributed by atoms with Crippen molar-refractivity contribution in [1.29, 1.82) is 0 Å². The molecule has 0 aliphatic rings. The van der Waals surface area contributed by atoms with Gasteiger partial charge in [-0.05, 0) is 28.8 Å². The molecule has 0 fully saturated rings. The SMILES string of the molecule is C#CC/C=C(\c1ccccc1)c1cccc(OC)c1. The van der Waals surface area contributed by atoms with E-state index in [1.807, 2.05) is 36.4 Å². The maximum absolute atomic E-state index is 5.37. The van der Waals surface area contributed by atoms with Gasteiger partial charge in [-0.3, -0.25) is 0 Å². The van der Waals surface area contributed by atoms with Crippen LogP contribution in [0.25, 0.3) is 5.57 Å². The Balaban J connectivity index is 2.47. The van der Waals surface area contributed by atoms with Crippen molar-refractivity contribution >= 4 is 5.57 Å². The van der Waals surface area contributed by atoms with E-state index in [0.29, 0.717) is 6.42 Å². The third kappa shape index (κ3) is 3.26. The van der Waals surface area contributed by atoms with Gasteiger partial charge in [0.2, 0.25) is 0 Å². The predicted octanol–water partition coefficient (Wildman–Crippen LogP) is 4.15. The van der Waals surface area contributed by atoms with Crippen LogP contribution in [-0.2, 0) is 0 Å². The van der Waals surface area contributed by atoms with Crippen LogP contribution in [0.1, 0.15) is 17.5 Å². The van der Waals surface area contributed by atoms with Crippen molar-refractivity contribution in [3.63, 3.8) is 0 Å². The maximum Gasteiger partial charge on any atom is 0.119 e. The summed E-state index contributed by atoms with van der Waals surface area (Å²) in [5, 5.41) is 0. The van der Waals surface area contributed by atoms with Gasteiger partial charge in [0.25, 0.3) is 0 Å². The fourth-order valence-corrected chi connectivity index (χ4v) is 1.97. The summed E-state index contributed by atoms with van der Waals surface area (Å²) in [5.41, 5.74) is 3.41. The Kier molecular flexibility index (Phi) is 4.42. The van der Waals surface area contributed by atoms with Crippen LogP contribution in [0.5, 0.6) is 5.75 Å². The van der Waals surface area contributed by atoms with Gasteiger partial charge < -0.3 is 4.74 Å². The van der Waals surface area contributed by atoms with Crippen molar-refractivity contribution in [2.45, 2.75) is 6.42 Å². The third-order valence-corrected chi connectivity index (χ3v) is 2.89. The molecular formula is C18H16O. The molecule has 0 heterocycles. The van der Waals surface area contributed by atoms with E-state index in [1.165, 1.54) is 0 Å². The van der Waals surface area contributed by atoms with E-state index in [1.54, 1.807) is 7.11 Å². The average molecular weight is 248 g/mol. The number of hydrogen-bond acceptors (Lipinski definition) is 1. The first-order valence-corrected chi connectivity index (χ1v) is 6.18. The fourth-order valence-electron chi connectivity index (χ4n) is 1.97. The van der Waals surface area contributed by atoms with Crippen molar-refractivity contribution < 1.29 is 4.74 Å². The number of terminal acetylenes is 1. The van der Waals surface area contributed by atoms with Crippen LogP contribution >= 0.6 is 0 Å². The molecule has 2 aromatic carbocycles. The minimum atomic E-state index is 0.613. The lowest BCUT2D eigenvalue weighted by atomic mass is 9.97. The Morgan fingerprint density at radius 2 is 1.84 bits per heavy atom. The molecule has 0 unspecified atom stereocenters. The Bertz CT molecular complexity index is 603. The van der Waals surface area contributed by atoms with Gasteiger partial charge in [-0.2, -0.15) is 0 Å². The summed E-state index contributed by atoms with van der Waals surface area (Å²) in [7, 11) is 1.67. The van der Waals surface area contributed by atoms with E-state index in [0.717, 1.165) is 22.4 Å². The van der Waals surface area contributed by atoms with Crippen molar-refractivity contribution in [2.24, 2.45) is 0 Å². The molecule has 2 aromatic rings. The highest BCUT2D eigenvalue weighted by Crippen LogP contribution is 2.26. The highest BCUT2D eigenvalue weighted by molar-refractivity contribution is 5.80. The molecule has 19 heavy (non-hydrogen) atoms. The second-order valence-electron chi connectivity index (χ2n) is 4.12. The standard InChI is InChI=1S/C18H16O/c1-3-4-13-18(15-9-6-5-7-10-15)16-11-8-12-17(14-16)19-2/h1,5-14H,4H2,2H3/b18-13+. The minimum Gasteiger partial charge on any atom is -0.497 e.